The first-order chi connectivity index (χ1) is 12.8. The van der Waals surface area contributed by atoms with E-state index in [4.69, 9.17) is 4.74 Å². The maximum Gasteiger partial charge on any atom is 0.435 e. The zero-order valence-electron chi connectivity index (χ0n) is 14.6. The second kappa shape index (κ2) is 7.26. The van der Waals surface area contributed by atoms with E-state index in [1.165, 1.54) is 0 Å². The Bertz CT molecular complexity index is 969. The monoisotopic (exact) mass is 378 g/mol. The van der Waals surface area contributed by atoms with E-state index in [-0.39, 0.29) is 6.54 Å². The van der Waals surface area contributed by atoms with Crippen LogP contribution in [0.4, 0.5) is 13.2 Å². The molecule has 0 aliphatic rings. The first-order valence-electron chi connectivity index (χ1n) is 8.10. The molecule has 9 heteroatoms. The number of halogens is 3. The van der Waals surface area contributed by atoms with E-state index in [0.717, 1.165) is 27.7 Å². The second-order valence-electron chi connectivity index (χ2n) is 5.97. The Morgan fingerprint density at radius 3 is 2.74 bits per heavy atom. The molecule has 142 valence electrons. The zero-order valence-corrected chi connectivity index (χ0v) is 14.6. The van der Waals surface area contributed by atoms with Crippen LogP contribution < -0.4 is 10.1 Å². The number of nitrogens with one attached hydrogen (secondary N) is 1. The van der Waals surface area contributed by atoms with Gasteiger partial charge in [0.05, 0.1) is 18.8 Å². The Morgan fingerprint density at radius 1 is 1.30 bits per heavy atom. The lowest BCUT2D eigenvalue weighted by atomic mass is 10.1. The molecule has 2 heterocycles. The molecule has 0 bridgehead atoms. The number of hydrogen-bond donors (Lipinski definition) is 1. The molecule has 0 saturated carbocycles. The minimum Gasteiger partial charge on any atom is -0.497 e. The van der Waals surface area contributed by atoms with E-state index < -0.39 is 23.8 Å². The summed E-state index contributed by atoms with van der Waals surface area (Å²) in [4.78, 5) is 16.5. The highest BCUT2D eigenvalue weighted by Gasteiger charge is 2.33. The van der Waals surface area contributed by atoms with Gasteiger partial charge in [0.2, 0.25) is 5.91 Å². The molecule has 0 saturated heterocycles. The normalized spacial score (nSPS) is 12.8. The Labute approximate surface area is 153 Å². The number of aromatic nitrogens is 3. The third kappa shape index (κ3) is 4.18. The predicted octanol–water partition coefficient (Wildman–Crippen LogP) is 3.34. The van der Waals surface area contributed by atoms with Crippen LogP contribution >= 0.6 is 0 Å². The van der Waals surface area contributed by atoms with Gasteiger partial charge in [-0.05, 0) is 36.6 Å². The minimum absolute atomic E-state index is 0.325. The van der Waals surface area contributed by atoms with E-state index in [0.29, 0.717) is 11.4 Å². The van der Waals surface area contributed by atoms with Crippen molar-refractivity contribution in [2.75, 3.05) is 7.11 Å². The lowest BCUT2D eigenvalue weighted by molar-refractivity contribution is -0.141. The van der Waals surface area contributed by atoms with Crippen LogP contribution in [0.25, 0.3) is 10.8 Å². The number of benzene rings is 1. The highest BCUT2D eigenvalue weighted by atomic mass is 19.4. The summed E-state index contributed by atoms with van der Waals surface area (Å²) in [7, 11) is 1.56. The van der Waals surface area contributed by atoms with Crippen molar-refractivity contribution in [1.82, 2.24) is 20.1 Å². The zero-order chi connectivity index (χ0) is 19.6. The molecule has 3 rings (SSSR count). The van der Waals surface area contributed by atoms with E-state index in [2.05, 4.69) is 15.4 Å². The average Bonchev–Trinajstić information content (AvgIpc) is 3.09. The topological polar surface area (TPSA) is 69.0 Å². The van der Waals surface area contributed by atoms with Crippen LogP contribution in [0.3, 0.4) is 0 Å². The van der Waals surface area contributed by atoms with Gasteiger partial charge in [0.15, 0.2) is 5.69 Å². The van der Waals surface area contributed by atoms with Crippen molar-refractivity contribution in [2.24, 2.45) is 0 Å². The number of nitrogens with zero attached hydrogens (tertiary/aromatic N) is 3. The van der Waals surface area contributed by atoms with Gasteiger partial charge in [-0.2, -0.15) is 18.3 Å². The van der Waals surface area contributed by atoms with Gasteiger partial charge in [-0.1, -0.05) is 6.07 Å². The summed E-state index contributed by atoms with van der Waals surface area (Å²) >= 11 is 0. The number of alkyl halides is 3. The molecular weight excluding hydrogens is 361 g/mol. The first kappa shape index (κ1) is 18.7. The largest absolute Gasteiger partial charge is 0.497 e. The molecule has 1 amide bonds. The summed E-state index contributed by atoms with van der Waals surface area (Å²) in [5.74, 6) is 0.188. The molecular formula is C18H17F3N4O2. The van der Waals surface area contributed by atoms with E-state index in [1.807, 2.05) is 24.3 Å². The molecule has 1 atom stereocenters. The van der Waals surface area contributed by atoms with E-state index in [1.54, 1.807) is 20.2 Å². The molecule has 0 spiro atoms. The fraction of sp³-hybridized carbons (Fsp3) is 0.278. The van der Waals surface area contributed by atoms with Crippen LogP contribution in [0, 0.1) is 0 Å². The quantitative estimate of drug-likeness (QED) is 0.739. The van der Waals surface area contributed by atoms with Crippen molar-refractivity contribution in [3.05, 3.63) is 54.1 Å². The summed E-state index contributed by atoms with van der Waals surface area (Å²) in [6, 6.07) is 7.75. The molecule has 6 nitrogen and oxygen atoms in total. The van der Waals surface area contributed by atoms with Crippen LogP contribution in [0.5, 0.6) is 5.75 Å². The lowest BCUT2D eigenvalue weighted by Gasteiger charge is -2.16. The van der Waals surface area contributed by atoms with Crippen molar-refractivity contribution in [2.45, 2.75) is 25.7 Å². The fourth-order valence-corrected chi connectivity index (χ4v) is 2.75. The molecule has 3 aromatic rings. The van der Waals surface area contributed by atoms with Gasteiger partial charge in [0, 0.05) is 17.8 Å². The number of methoxy groups -OCH3 is 1. The van der Waals surface area contributed by atoms with Gasteiger partial charge in [-0.3, -0.25) is 14.5 Å². The molecule has 1 N–H and O–H groups in total. The number of amides is 1. The predicted molar refractivity (Wildman–Crippen MR) is 92.1 cm³/mol. The SMILES string of the molecule is COc1ccc2ccnc(C(C)NC(=O)Cn3ccc(C(F)(F)F)n3)c2c1. The standard InChI is InChI=1S/C18H17F3N4O2/c1-11(17-14-9-13(27-2)4-3-12(14)5-7-22-17)23-16(26)10-25-8-6-15(24-25)18(19,20)21/h3-9,11H,10H2,1-2H3,(H,23,26). The number of rotatable bonds is 5. The van der Waals surface area contributed by atoms with Gasteiger partial charge >= 0.3 is 6.18 Å². The molecule has 1 unspecified atom stereocenters. The fourth-order valence-electron chi connectivity index (χ4n) is 2.75. The summed E-state index contributed by atoms with van der Waals surface area (Å²) in [6.45, 7) is 1.43. The van der Waals surface area contributed by atoms with Crippen LogP contribution in [-0.4, -0.2) is 27.8 Å². The number of pyridine rings is 1. The lowest BCUT2D eigenvalue weighted by Crippen LogP contribution is -2.31. The van der Waals surface area contributed by atoms with Crippen molar-refractivity contribution in [3.8, 4) is 5.75 Å². The summed E-state index contributed by atoms with van der Waals surface area (Å²) in [5.41, 5.74) is -0.401. The summed E-state index contributed by atoms with van der Waals surface area (Å²) in [5, 5.41) is 7.87. The van der Waals surface area contributed by atoms with E-state index in [9.17, 15) is 18.0 Å². The van der Waals surface area contributed by atoms with Crippen molar-refractivity contribution >= 4 is 16.7 Å². The number of fused-ring (bicyclic) bond motifs is 1. The Morgan fingerprint density at radius 2 is 2.07 bits per heavy atom. The van der Waals surface area contributed by atoms with Crippen molar-refractivity contribution in [1.29, 1.82) is 0 Å². The number of ether oxygens (including phenoxy) is 1. The van der Waals surface area contributed by atoms with Gasteiger partial charge in [0.25, 0.3) is 0 Å². The van der Waals surface area contributed by atoms with Crippen molar-refractivity contribution < 1.29 is 22.7 Å². The molecule has 1 aromatic carbocycles. The van der Waals surface area contributed by atoms with Crippen molar-refractivity contribution in [3.63, 3.8) is 0 Å². The number of carbonyl (C=O) groups excluding carboxylic acids is 1. The van der Waals surface area contributed by atoms with Gasteiger partial charge in [-0.25, -0.2) is 0 Å². The molecule has 0 aliphatic carbocycles. The van der Waals surface area contributed by atoms with Crippen LogP contribution in [0.15, 0.2) is 42.7 Å². The maximum absolute atomic E-state index is 12.6. The molecule has 0 fully saturated rings. The van der Waals surface area contributed by atoms with Gasteiger partial charge < -0.3 is 10.1 Å². The molecule has 0 aliphatic heterocycles. The number of carbonyl (C=O) groups is 1. The Balaban J connectivity index is 1.75. The maximum atomic E-state index is 12.6. The smallest absolute Gasteiger partial charge is 0.435 e. The Hall–Kier alpha value is -3.10. The first-order valence-corrected chi connectivity index (χ1v) is 8.10. The van der Waals surface area contributed by atoms with Gasteiger partial charge in [-0.15, -0.1) is 0 Å². The second-order valence-corrected chi connectivity index (χ2v) is 5.97. The summed E-state index contributed by atoms with van der Waals surface area (Å²) in [6.07, 6.45) is -1.79. The van der Waals surface area contributed by atoms with Crippen LogP contribution in [-0.2, 0) is 17.5 Å². The highest BCUT2D eigenvalue weighted by Crippen LogP contribution is 2.28. The van der Waals surface area contributed by atoms with Crippen LogP contribution in [0.1, 0.15) is 24.4 Å². The van der Waals surface area contributed by atoms with E-state index >= 15 is 0 Å². The third-order valence-corrected chi connectivity index (χ3v) is 4.03. The highest BCUT2D eigenvalue weighted by molar-refractivity contribution is 5.86. The molecule has 27 heavy (non-hydrogen) atoms. The number of hydrogen-bond acceptors (Lipinski definition) is 4. The van der Waals surface area contributed by atoms with Gasteiger partial charge in [0.1, 0.15) is 12.3 Å². The average molecular weight is 378 g/mol. The Kier molecular flexibility index (Phi) is 5.02. The van der Waals surface area contributed by atoms with Crippen LogP contribution in [0.2, 0.25) is 0 Å². The summed E-state index contributed by atoms with van der Waals surface area (Å²) < 4.78 is 43.9. The molecule has 0 radical (unpaired) electrons. The minimum atomic E-state index is -4.54. The molecule has 2 aromatic heterocycles. The third-order valence-electron chi connectivity index (χ3n) is 4.03.